The van der Waals surface area contributed by atoms with E-state index in [2.05, 4.69) is 67.1 Å². The molecule has 1 unspecified atom stereocenters. The van der Waals surface area contributed by atoms with E-state index in [4.69, 9.17) is 4.98 Å². The normalized spacial score (nSPS) is 19.3. The number of hydrogen-bond donors (Lipinski definition) is 2. The number of aryl methyl sites for hydroxylation is 1. The molecule has 0 radical (unpaired) electrons. The molecule has 0 bridgehead atoms. The Morgan fingerprint density at radius 3 is 2.12 bits per heavy atom. The molecule has 2 aliphatic heterocycles. The number of H-pyrrole nitrogens is 1. The summed E-state index contributed by atoms with van der Waals surface area (Å²) in [6, 6.07) is 10.9. The number of nitrogens with zero attached hydrogens (tertiary/aromatic N) is 6. The molecule has 3 aromatic rings. The smallest absolute Gasteiger partial charge is 0.172 e. The van der Waals surface area contributed by atoms with Crippen molar-refractivity contribution < 1.29 is 5.11 Å². The van der Waals surface area contributed by atoms with Crippen LogP contribution >= 0.6 is 0 Å². The van der Waals surface area contributed by atoms with Crippen molar-refractivity contribution in [3.8, 4) is 0 Å². The Balaban J connectivity index is 1.34. The summed E-state index contributed by atoms with van der Waals surface area (Å²) < 4.78 is 0. The fourth-order valence-electron chi connectivity index (χ4n) is 4.90. The van der Waals surface area contributed by atoms with Crippen molar-refractivity contribution in [2.75, 3.05) is 49.1 Å². The lowest BCUT2D eigenvalue weighted by Crippen LogP contribution is -2.49. The van der Waals surface area contributed by atoms with Gasteiger partial charge in [0.2, 0.25) is 0 Å². The van der Waals surface area contributed by atoms with Crippen LogP contribution in [0.15, 0.2) is 48.9 Å². The Bertz CT molecular complexity index is 1010. The summed E-state index contributed by atoms with van der Waals surface area (Å²) in [5.74, 6) is 1.90. The van der Waals surface area contributed by atoms with Gasteiger partial charge in [-0.3, -0.25) is 10.00 Å². The number of aromatic nitrogens is 4. The fourth-order valence-corrected chi connectivity index (χ4v) is 4.90. The van der Waals surface area contributed by atoms with Gasteiger partial charge >= 0.3 is 0 Å². The van der Waals surface area contributed by atoms with E-state index in [9.17, 15) is 5.11 Å². The number of rotatable bonds is 5. The average molecular weight is 434 g/mol. The number of hydrogen-bond acceptors (Lipinski definition) is 7. The molecule has 2 aromatic heterocycles. The van der Waals surface area contributed by atoms with Crippen molar-refractivity contribution in [2.45, 2.75) is 31.9 Å². The van der Waals surface area contributed by atoms with Gasteiger partial charge in [0.25, 0.3) is 0 Å². The maximum Gasteiger partial charge on any atom is 0.172 e. The molecule has 2 saturated heterocycles. The van der Waals surface area contributed by atoms with E-state index in [1.807, 2.05) is 6.20 Å². The van der Waals surface area contributed by atoms with Gasteiger partial charge in [-0.1, -0.05) is 30.3 Å². The van der Waals surface area contributed by atoms with Crippen LogP contribution in [0.25, 0.3) is 0 Å². The molecule has 0 saturated carbocycles. The maximum absolute atomic E-state index is 9.88. The van der Waals surface area contributed by atoms with Crippen molar-refractivity contribution in [2.24, 2.45) is 0 Å². The summed E-state index contributed by atoms with van der Waals surface area (Å²) in [5.41, 5.74) is 3.64. The number of aliphatic hydroxyl groups excluding tert-OH is 1. The molecule has 8 heteroatoms. The number of aromatic amines is 1. The lowest BCUT2D eigenvalue weighted by atomic mass is 9.97. The zero-order chi connectivity index (χ0) is 21.9. The van der Waals surface area contributed by atoms with Crippen molar-refractivity contribution in [3.05, 3.63) is 65.7 Å². The Labute approximate surface area is 188 Å². The minimum atomic E-state index is -0.198. The van der Waals surface area contributed by atoms with Crippen LogP contribution in [0.3, 0.4) is 0 Å². The molecule has 2 N–H and O–H groups in total. The number of anilines is 2. The first-order valence-electron chi connectivity index (χ1n) is 11.5. The van der Waals surface area contributed by atoms with Crippen LogP contribution in [0.2, 0.25) is 0 Å². The minimum absolute atomic E-state index is 0.182. The van der Waals surface area contributed by atoms with Crippen LogP contribution in [-0.2, 0) is 0 Å². The predicted molar refractivity (Wildman–Crippen MR) is 125 cm³/mol. The molecule has 1 aromatic carbocycles. The zero-order valence-electron chi connectivity index (χ0n) is 18.6. The maximum atomic E-state index is 9.88. The van der Waals surface area contributed by atoms with Crippen LogP contribution in [0.5, 0.6) is 0 Å². The lowest BCUT2D eigenvalue weighted by Gasteiger charge is -2.41. The quantitative estimate of drug-likeness (QED) is 0.639. The van der Waals surface area contributed by atoms with Crippen LogP contribution in [-0.4, -0.2) is 75.5 Å². The van der Waals surface area contributed by atoms with Crippen molar-refractivity contribution in [3.63, 3.8) is 0 Å². The molecule has 8 nitrogen and oxygen atoms in total. The SMILES string of the molecule is Cc1[nH]ncc1C(c1ccccc1)N1CCN(c2nccnc2N2CCC(O)CC2)CC1. The molecule has 1 atom stereocenters. The standard InChI is InChI=1S/C24H31N7O/c1-18-21(17-27-28-18)22(19-5-3-2-4-6-19)29-13-15-31(16-14-29)24-23(25-9-10-26-24)30-11-7-20(32)8-12-30/h2-6,9-10,17,20,22,32H,7-8,11-16H2,1H3,(H,27,28). The van der Waals surface area contributed by atoms with Crippen molar-refractivity contribution in [1.82, 2.24) is 25.1 Å². The first-order valence-corrected chi connectivity index (χ1v) is 11.5. The van der Waals surface area contributed by atoms with E-state index in [0.29, 0.717) is 0 Å². The minimum Gasteiger partial charge on any atom is -0.393 e. The van der Waals surface area contributed by atoms with E-state index in [-0.39, 0.29) is 12.1 Å². The molecule has 168 valence electrons. The highest BCUT2D eigenvalue weighted by molar-refractivity contribution is 5.62. The third kappa shape index (κ3) is 4.20. The van der Waals surface area contributed by atoms with Gasteiger partial charge in [-0.05, 0) is 25.3 Å². The Morgan fingerprint density at radius 1 is 0.906 bits per heavy atom. The number of aliphatic hydroxyl groups is 1. The molecule has 0 aliphatic carbocycles. The second-order valence-electron chi connectivity index (χ2n) is 8.71. The zero-order valence-corrected chi connectivity index (χ0v) is 18.6. The Morgan fingerprint density at radius 2 is 1.53 bits per heavy atom. The third-order valence-electron chi connectivity index (χ3n) is 6.68. The van der Waals surface area contributed by atoms with Crippen molar-refractivity contribution in [1.29, 1.82) is 0 Å². The number of benzene rings is 1. The molecule has 4 heterocycles. The van der Waals surface area contributed by atoms with E-state index in [1.165, 1.54) is 11.1 Å². The Hall–Kier alpha value is -2.97. The number of piperidine rings is 1. The fraction of sp³-hybridized carbons (Fsp3) is 0.458. The summed E-state index contributed by atoms with van der Waals surface area (Å²) in [5, 5.41) is 17.3. The van der Waals surface area contributed by atoms with Gasteiger partial charge in [0.15, 0.2) is 11.6 Å². The molecule has 0 spiro atoms. The predicted octanol–water partition coefficient (Wildman–Crippen LogP) is 2.38. The van der Waals surface area contributed by atoms with Crippen LogP contribution in [0.4, 0.5) is 11.6 Å². The lowest BCUT2D eigenvalue weighted by molar-refractivity contribution is 0.145. The van der Waals surface area contributed by atoms with Gasteiger partial charge < -0.3 is 14.9 Å². The van der Waals surface area contributed by atoms with E-state index in [1.54, 1.807) is 12.4 Å². The van der Waals surface area contributed by atoms with Crippen molar-refractivity contribution >= 4 is 11.6 Å². The van der Waals surface area contributed by atoms with Gasteiger partial charge in [0, 0.05) is 62.9 Å². The first-order chi connectivity index (χ1) is 15.7. The number of nitrogens with one attached hydrogen (secondary N) is 1. The summed E-state index contributed by atoms with van der Waals surface area (Å²) in [4.78, 5) is 16.5. The summed E-state index contributed by atoms with van der Waals surface area (Å²) in [6.45, 7) is 7.38. The second kappa shape index (κ2) is 9.26. The molecule has 2 fully saturated rings. The highest BCUT2D eigenvalue weighted by atomic mass is 16.3. The second-order valence-corrected chi connectivity index (χ2v) is 8.71. The van der Waals surface area contributed by atoms with Gasteiger partial charge in [-0.15, -0.1) is 0 Å². The van der Waals surface area contributed by atoms with E-state index >= 15 is 0 Å². The number of piperazine rings is 1. The summed E-state index contributed by atoms with van der Waals surface area (Å²) in [7, 11) is 0. The highest BCUT2D eigenvalue weighted by Crippen LogP contribution is 2.33. The van der Waals surface area contributed by atoms with E-state index < -0.39 is 0 Å². The van der Waals surface area contributed by atoms with Gasteiger partial charge in [-0.2, -0.15) is 5.10 Å². The van der Waals surface area contributed by atoms with Crippen LogP contribution in [0, 0.1) is 6.92 Å². The van der Waals surface area contributed by atoms with E-state index in [0.717, 1.165) is 69.4 Å². The van der Waals surface area contributed by atoms with Gasteiger partial charge in [0.05, 0.1) is 18.3 Å². The van der Waals surface area contributed by atoms with Gasteiger partial charge in [0.1, 0.15) is 0 Å². The molecule has 5 rings (SSSR count). The largest absolute Gasteiger partial charge is 0.393 e. The molecule has 0 amide bonds. The molecular formula is C24H31N7O. The highest BCUT2D eigenvalue weighted by Gasteiger charge is 2.30. The topological polar surface area (TPSA) is 84.4 Å². The summed E-state index contributed by atoms with van der Waals surface area (Å²) >= 11 is 0. The Kier molecular flexibility index (Phi) is 6.05. The van der Waals surface area contributed by atoms with Gasteiger partial charge in [-0.25, -0.2) is 9.97 Å². The average Bonchev–Trinajstić information content (AvgIpc) is 3.26. The first kappa shape index (κ1) is 20.9. The molecule has 32 heavy (non-hydrogen) atoms. The summed E-state index contributed by atoms with van der Waals surface area (Å²) in [6.07, 6.45) is 6.89. The van der Waals surface area contributed by atoms with Crippen LogP contribution in [0.1, 0.15) is 35.7 Å². The third-order valence-corrected chi connectivity index (χ3v) is 6.68. The molecule has 2 aliphatic rings. The molecular weight excluding hydrogens is 402 g/mol. The van der Waals surface area contributed by atoms with Crippen LogP contribution < -0.4 is 9.80 Å². The monoisotopic (exact) mass is 433 g/mol.